The van der Waals surface area contributed by atoms with E-state index in [1.807, 2.05) is 68.4 Å². The summed E-state index contributed by atoms with van der Waals surface area (Å²) in [4.78, 5) is 19.2. The maximum Gasteiger partial charge on any atom is 0.323 e. The molecule has 0 saturated heterocycles. The van der Waals surface area contributed by atoms with Crippen molar-refractivity contribution in [2.45, 2.75) is 46.6 Å². The van der Waals surface area contributed by atoms with Crippen LogP contribution in [-0.2, 0) is 22.4 Å². The molecule has 0 aliphatic heterocycles. The fourth-order valence-electron chi connectivity index (χ4n) is 3.84. The Morgan fingerprint density at radius 2 is 1.71 bits per heavy atom. The van der Waals surface area contributed by atoms with Crippen molar-refractivity contribution in [2.24, 2.45) is 0 Å². The summed E-state index contributed by atoms with van der Waals surface area (Å²) in [7, 11) is 0. The number of hydrogen-bond donors (Lipinski definition) is 0. The van der Waals surface area contributed by atoms with Crippen LogP contribution in [0.2, 0.25) is 0 Å². The molecule has 1 aromatic heterocycles. The van der Waals surface area contributed by atoms with Gasteiger partial charge >= 0.3 is 5.97 Å². The molecule has 0 aliphatic rings. The van der Waals surface area contributed by atoms with E-state index in [1.165, 1.54) is 0 Å². The maximum atomic E-state index is 12.5. The number of aromatic nitrogens is 1. The number of oxazole rings is 1. The number of aryl methyl sites for hydroxylation is 1. The van der Waals surface area contributed by atoms with Gasteiger partial charge in [0.15, 0.2) is 0 Å². The second-order valence-electron chi connectivity index (χ2n) is 7.82. The topological polar surface area (TPSA) is 64.8 Å². The summed E-state index contributed by atoms with van der Waals surface area (Å²) in [5, 5.41) is 0. The number of hydrogen-bond acceptors (Lipinski definition) is 6. The van der Waals surface area contributed by atoms with Crippen LogP contribution in [-0.4, -0.2) is 48.2 Å². The molecule has 1 atom stereocenters. The average molecular weight is 487 g/mol. The number of benzene rings is 2. The van der Waals surface area contributed by atoms with Gasteiger partial charge in [-0.25, -0.2) is 4.98 Å². The number of carbonyl (C=O) groups is 1. The molecular weight excluding hydrogens is 452 g/mol. The molecule has 3 rings (SSSR count). The Kier molecular flexibility index (Phi) is 11.1. The third-order valence-electron chi connectivity index (χ3n) is 5.69. The highest BCUT2D eigenvalue weighted by Gasteiger charge is 2.25. The third-order valence-corrected chi connectivity index (χ3v) is 5.69. The van der Waals surface area contributed by atoms with Crippen LogP contribution in [0.1, 0.15) is 37.8 Å². The van der Waals surface area contributed by atoms with E-state index in [0.29, 0.717) is 31.9 Å². The van der Waals surface area contributed by atoms with Crippen molar-refractivity contribution in [3.63, 3.8) is 0 Å². The highest BCUT2D eigenvalue weighted by Crippen LogP contribution is 2.22. The summed E-state index contributed by atoms with van der Waals surface area (Å²) in [6.45, 7) is 10.4. The van der Waals surface area contributed by atoms with Crippen molar-refractivity contribution in [2.75, 3.05) is 26.3 Å². The summed E-state index contributed by atoms with van der Waals surface area (Å²) in [6, 6.07) is 17.5. The average Bonchev–Trinajstić information content (AvgIpc) is 3.21. The van der Waals surface area contributed by atoms with E-state index in [2.05, 4.69) is 23.7 Å². The molecule has 184 valence electrons. The first-order valence-corrected chi connectivity index (χ1v) is 11.7. The molecule has 0 saturated carbocycles. The van der Waals surface area contributed by atoms with Gasteiger partial charge in [-0.15, -0.1) is 12.4 Å². The van der Waals surface area contributed by atoms with Gasteiger partial charge in [0.25, 0.3) is 0 Å². The molecule has 2 aromatic carbocycles. The van der Waals surface area contributed by atoms with Crippen molar-refractivity contribution in [3.05, 3.63) is 71.6 Å². The summed E-state index contributed by atoms with van der Waals surface area (Å²) in [5.41, 5.74) is 2.95. The van der Waals surface area contributed by atoms with Gasteiger partial charge in [-0.05, 0) is 63.2 Å². The summed E-state index contributed by atoms with van der Waals surface area (Å²) < 4.78 is 17.1. The van der Waals surface area contributed by atoms with Gasteiger partial charge in [-0.2, -0.15) is 0 Å². The molecule has 0 radical (unpaired) electrons. The Bertz CT molecular complexity index is 1000. The van der Waals surface area contributed by atoms with Crippen LogP contribution < -0.4 is 4.74 Å². The summed E-state index contributed by atoms with van der Waals surface area (Å²) >= 11 is 0. The number of rotatable bonds is 12. The van der Waals surface area contributed by atoms with Crippen LogP contribution >= 0.6 is 12.4 Å². The molecule has 3 aromatic rings. The molecule has 0 amide bonds. The maximum absolute atomic E-state index is 12.5. The largest absolute Gasteiger partial charge is 0.493 e. The molecule has 6 nitrogen and oxygen atoms in total. The Balaban J connectivity index is 0.00000408. The van der Waals surface area contributed by atoms with Crippen LogP contribution in [0.3, 0.4) is 0 Å². The highest BCUT2D eigenvalue weighted by molar-refractivity contribution is 5.85. The van der Waals surface area contributed by atoms with Crippen LogP contribution in [0.15, 0.2) is 59.0 Å². The highest BCUT2D eigenvalue weighted by atomic mass is 35.5. The molecule has 0 N–H and O–H groups in total. The van der Waals surface area contributed by atoms with Crippen molar-refractivity contribution < 1.29 is 18.7 Å². The van der Waals surface area contributed by atoms with E-state index in [-0.39, 0.29) is 24.4 Å². The van der Waals surface area contributed by atoms with E-state index in [0.717, 1.165) is 41.4 Å². The Labute approximate surface area is 208 Å². The van der Waals surface area contributed by atoms with Gasteiger partial charge in [0.05, 0.1) is 18.9 Å². The van der Waals surface area contributed by atoms with Crippen LogP contribution in [0, 0.1) is 6.92 Å². The Morgan fingerprint density at radius 1 is 1.03 bits per heavy atom. The molecule has 0 spiro atoms. The number of nitrogens with zero attached hydrogens (tertiary/aromatic N) is 2. The number of likely N-dealkylation sites (N-methyl/N-ethyl adjacent to an activating group) is 1. The van der Waals surface area contributed by atoms with Crippen LogP contribution in [0.5, 0.6) is 5.75 Å². The van der Waals surface area contributed by atoms with Gasteiger partial charge in [0.1, 0.15) is 17.6 Å². The Morgan fingerprint density at radius 3 is 2.32 bits per heavy atom. The zero-order valence-corrected chi connectivity index (χ0v) is 21.3. The lowest BCUT2D eigenvalue weighted by atomic mass is 10.0. The van der Waals surface area contributed by atoms with Crippen molar-refractivity contribution in [1.82, 2.24) is 9.88 Å². The van der Waals surface area contributed by atoms with E-state index >= 15 is 0 Å². The Hall–Kier alpha value is -2.83. The van der Waals surface area contributed by atoms with Crippen LogP contribution in [0.25, 0.3) is 11.5 Å². The molecule has 0 bridgehead atoms. The normalized spacial score (nSPS) is 11.7. The van der Waals surface area contributed by atoms with E-state index in [1.54, 1.807) is 0 Å². The molecule has 1 heterocycles. The molecule has 7 heteroatoms. The zero-order valence-electron chi connectivity index (χ0n) is 20.5. The van der Waals surface area contributed by atoms with Crippen LogP contribution in [0.4, 0.5) is 0 Å². The van der Waals surface area contributed by atoms with Gasteiger partial charge in [-0.3, -0.25) is 9.69 Å². The summed E-state index contributed by atoms with van der Waals surface area (Å²) in [6.07, 6.45) is 1.28. The fraction of sp³-hybridized carbons (Fsp3) is 0.407. The monoisotopic (exact) mass is 486 g/mol. The smallest absolute Gasteiger partial charge is 0.323 e. The van der Waals surface area contributed by atoms with Crippen molar-refractivity contribution in [3.8, 4) is 17.2 Å². The number of ether oxygens (including phenoxy) is 2. The molecular formula is C27H35ClN2O4. The second kappa shape index (κ2) is 13.8. The molecule has 0 unspecified atom stereocenters. The minimum Gasteiger partial charge on any atom is -0.493 e. The first kappa shape index (κ1) is 27.4. The van der Waals surface area contributed by atoms with E-state index < -0.39 is 0 Å². The van der Waals surface area contributed by atoms with Gasteiger partial charge in [-0.1, -0.05) is 44.2 Å². The predicted octanol–water partition coefficient (Wildman–Crippen LogP) is 5.51. The lowest BCUT2D eigenvalue weighted by molar-refractivity contribution is -0.149. The molecule has 34 heavy (non-hydrogen) atoms. The van der Waals surface area contributed by atoms with Gasteiger partial charge in [0, 0.05) is 12.0 Å². The SMILES string of the molecule is CCOC(=O)[C@H](Cc1ccc(OCCc2nc(-c3ccccc3)oc2C)cc1)N(CC)CC.Cl. The lowest BCUT2D eigenvalue weighted by Gasteiger charge is -2.27. The van der Waals surface area contributed by atoms with Crippen molar-refractivity contribution >= 4 is 18.4 Å². The first-order chi connectivity index (χ1) is 16.0. The molecule has 0 aliphatic carbocycles. The standard InChI is InChI=1S/C27H34N2O4.ClH/c1-5-29(6-2)25(27(30)31-7-3)19-21-13-15-23(16-14-21)32-18-17-24-20(4)33-26(28-24)22-11-9-8-10-12-22;/h8-16,25H,5-7,17-19H2,1-4H3;1H/t25-;/m0./s1. The lowest BCUT2D eigenvalue weighted by Crippen LogP contribution is -2.43. The molecule has 0 fully saturated rings. The van der Waals surface area contributed by atoms with E-state index in [9.17, 15) is 4.79 Å². The first-order valence-electron chi connectivity index (χ1n) is 11.7. The van der Waals surface area contributed by atoms with Gasteiger partial charge in [0.2, 0.25) is 5.89 Å². The predicted molar refractivity (Wildman–Crippen MR) is 137 cm³/mol. The number of esters is 1. The second-order valence-corrected chi connectivity index (χ2v) is 7.82. The summed E-state index contributed by atoms with van der Waals surface area (Å²) in [5.74, 6) is 2.07. The number of carbonyl (C=O) groups excluding carboxylic acids is 1. The number of halogens is 1. The van der Waals surface area contributed by atoms with Gasteiger partial charge < -0.3 is 13.9 Å². The fourth-order valence-corrected chi connectivity index (χ4v) is 3.84. The quantitative estimate of drug-likeness (QED) is 0.314. The third kappa shape index (κ3) is 7.34. The van der Waals surface area contributed by atoms with E-state index in [4.69, 9.17) is 13.9 Å². The minimum absolute atomic E-state index is 0. The minimum atomic E-state index is -0.277. The van der Waals surface area contributed by atoms with Crippen molar-refractivity contribution in [1.29, 1.82) is 0 Å². The zero-order chi connectivity index (χ0) is 23.6.